The Morgan fingerprint density at radius 1 is 1.38 bits per heavy atom. The number of benzene rings is 1. The smallest absolute Gasteiger partial charge is 0.273 e. The number of thiazole rings is 1. The third-order valence-electron chi connectivity index (χ3n) is 4.39. The Morgan fingerprint density at radius 3 is 2.81 bits per heavy atom. The molecule has 0 radical (unpaired) electrons. The molecular weight excluding hydrogens is 374 g/mol. The second kappa shape index (κ2) is 8.15. The van der Waals surface area contributed by atoms with E-state index in [2.05, 4.69) is 9.71 Å². The SMILES string of the molecule is COc1ccc(S(=O)(=O)NC[C@H]2CCCN(C(=O)c3cscn3)C2)cc1. The van der Waals surface area contributed by atoms with Gasteiger partial charge in [0, 0.05) is 25.0 Å². The summed E-state index contributed by atoms with van der Waals surface area (Å²) >= 11 is 1.39. The van der Waals surface area contributed by atoms with E-state index in [1.807, 2.05) is 0 Å². The van der Waals surface area contributed by atoms with Crippen LogP contribution in [0.25, 0.3) is 0 Å². The average molecular weight is 396 g/mol. The monoisotopic (exact) mass is 395 g/mol. The number of hydrogen-bond acceptors (Lipinski definition) is 6. The van der Waals surface area contributed by atoms with Crippen molar-refractivity contribution in [3.05, 3.63) is 40.8 Å². The first-order valence-electron chi connectivity index (χ1n) is 8.31. The van der Waals surface area contributed by atoms with Crippen molar-refractivity contribution < 1.29 is 17.9 Å². The van der Waals surface area contributed by atoms with Crippen LogP contribution in [0.1, 0.15) is 23.3 Å². The van der Waals surface area contributed by atoms with Crippen LogP contribution in [0, 0.1) is 5.92 Å². The molecule has 1 atom stereocenters. The maximum atomic E-state index is 12.4. The van der Waals surface area contributed by atoms with E-state index in [0.29, 0.717) is 31.1 Å². The number of rotatable bonds is 6. The number of likely N-dealkylation sites (tertiary alicyclic amines) is 1. The molecule has 0 unspecified atom stereocenters. The van der Waals surface area contributed by atoms with Crippen LogP contribution >= 0.6 is 11.3 Å². The predicted octanol–water partition coefficient (Wildman–Crippen LogP) is 1.98. The highest BCUT2D eigenvalue weighted by Crippen LogP contribution is 2.20. The van der Waals surface area contributed by atoms with Gasteiger partial charge >= 0.3 is 0 Å². The summed E-state index contributed by atoms with van der Waals surface area (Å²) in [6, 6.07) is 6.26. The molecule has 1 aromatic heterocycles. The minimum Gasteiger partial charge on any atom is -0.497 e. The molecule has 1 aliphatic heterocycles. The molecule has 2 aromatic rings. The molecule has 1 saturated heterocycles. The van der Waals surface area contributed by atoms with E-state index in [4.69, 9.17) is 4.74 Å². The Labute approximate surface area is 157 Å². The van der Waals surface area contributed by atoms with Gasteiger partial charge in [-0.25, -0.2) is 18.1 Å². The molecule has 0 saturated carbocycles. The fraction of sp³-hybridized carbons (Fsp3) is 0.412. The van der Waals surface area contributed by atoms with Gasteiger partial charge in [0.25, 0.3) is 5.91 Å². The minimum absolute atomic E-state index is 0.0827. The van der Waals surface area contributed by atoms with Gasteiger partial charge in [0.2, 0.25) is 10.0 Å². The van der Waals surface area contributed by atoms with E-state index in [1.54, 1.807) is 27.9 Å². The number of ether oxygens (including phenoxy) is 1. The van der Waals surface area contributed by atoms with E-state index in [-0.39, 0.29) is 16.7 Å². The minimum atomic E-state index is -3.59. The number of aromatic nitrogens is 1. The van der Waals surface area contributed by atoms with Gasteiger partial charge in [-0.15, -0.1) is 11.3 Å². The van der Waals surface area contributed by atoms with Crippen molar-refractivity contribution in [2.75, 3.05) is 26.7 Å². The van der Waals surface area contributed by atoms with Crippen molar-refractivity contribution in [3.8, 4) is 5.75 Å². The zero-order chi connectivity index (χ0) is 18.6. The molecular formula is C17H21N3O4S2. The van der Waals surface area contributed by atoms with Crippen molar-refractivity contribution >= 4 is 27.3 Å². The highest BCUT2D eigenvalue weighted by Gasteiger charge is 2.26. The number of hydrogen-bond donors (Lipinski definition) is 1. The van der Waals surface area contributed by atoms with Gasteiger partial charge in [-0.2, -0.15) is 0 Å². The molecule has 0 bridgehead atoms. The maximum absolute atomic E-state index is 12.4. The van der Waals surface area contributed by atoms with Crippen LogP contribution in [-0.4, -0.2) is 51.0 Å². The molecule has 1 N–H and O–H groups in total. The first kappa shape index (κ1) is 18.8. The molecule has 1 aliphatic rings. The Balaban J connectivity index is 1.59. The summed E-state index contributed by atoms with van der Waals surface area (Å²) in [4.78, 5) is 18.4. The van der Waals surface area contributed by atoms with Crippen LogP contribution in [-0.2, 0) is 10.0 Å². The molecule has 1 amide bonds. The Hall–Kier alpha value is -1.97. The number of sulfonamides is 1. The van der Waals surface area contributed by atoms with Crippen molar-refractivity contribution in [3.63, 3.8) is 0 Å². The lowest BCUT2D eigenvalue weighted by Crippen LogP contribution is -2.43. The van der Waals surface area contributed by atoms with E-state index in [1.165, 1.54) is 30.6 Å². The lowest BCUT2D eigenvalue weighted by molar-refractivity contribution is 0.0671. The van der Waals surface area contributed by atoms with Gasteiger partial charge in [0.15, 0.2) is 0 Å². The van der Waals surface area contributed by atoms with Gasteiger partial charge in [-0.05, 0) is 43.0 Å². The molecule has 1 fully saturated rings. The van der Waals surface area contributed by atoms with Crippen LogP contribution in [0.2, 0.25) is 0 Å². The number of methoxy groups -OCH3 is 1. The van der Waals surface area contributed by atoms with Crippen molar-refractivity contribution in [2.24, 2.45) is 5.92 Å². The standard InChI is InChI=1S/C17H21N3O4S2/c1-24-14-4-6-15(7-5-14)26(22,23)19-9-13-3-2-8-20(10-13)17(21)16-11-25-12-18-16/h4-7,11-13,19H,2-3,8-10H2,1H3/t13-/m1/s1. The van der Waals surface area contributed by atoms with Crippen LogP contribution in [0.5, 0.6) is 5.75 Å². The summed E-state index contributed by atoms with van der Waals surface area (Å²) in [7, 11) is -2.05. The number of carbonyl (C=O) groups is 1. The normalized spacial score (nSPS) is 17.9. The fourth-order valence-corrected chi connectivity index (χ4v) is 4.60. The van der Waals surface area contributed by atoms with E-state index in [9.17, 15) is 13.2 Å². The zero-order valence-electron chi connectivity index (χ0n) is 14.4. The van der Waals surface area contributed by atoms with Crippen LogP contribution in [0.4, 0.5) is 0 Å². The van der Waals surface area contributed by atoms with Gasteiger partial charge in [-0.1, -0.05) is 0 Å². The lowest BCUT2D eigenvalue weighted by Gasteiger charge is -2.32. The van der Waals surface area contributed by atoms with Gasteiger partial charge in [0.1, 0.15) is 11.4 Å². The van der Waals surface area contributed by atoms with Crippen LogP contribution in [0.15, 0.2) is 40.1 Å². The number of carbonyl (C=O) groups excluding carboxylic acids is 1. The van der Waals surface area contributed by atoms with Gasteiger partial charge < -0.3 is 9.64 Å². The highest BCUT2D eigenvalue weighted by molar-refractivity contribution is 7.89. The summed E-state index contributed by atoms with van der Waals surface area (Å²) in [5.74, 6) is 0.598. The molecule has 9 heteroatoms. The molecule has 26 heavy (non-hydrogen) atoms. The molecule has 0 aliphatic carbocycles. The highest BCUT2D eigenvalue weighted by atomic mass is 32.2. The first-order valence-corrected chi connectivity index (χ1v) is 10.7. The molecule has 140 valence electrons. The molecule has 1 aromatic carbocycles. The quantitative estimate of drug-likeness (QED) is 0.808. The Kier molecular flexibility index (Phi) is 5.90. The van der Waals surface area contributed by atoms with Crippen molar-refractivity contribution in [2.45, 2.75) is 17.7 Å². The largest absolute Gasteiger partial charge is 0.497 e. The lowest BCUT2D eigenvalue weighted by atomic mass is 9.98. The number of amides is 1. The van der Waals surface area contributed by atoms with Crippen molar-refractivity contribution in [1.82, 2.24) is 14.6 Å². The maximum Gasteiger partial charge on any atom is 0.273 e. The van der Waals surface area contributed by atoms with Crippen molar-refractivity contribution in [1.29, 1.82) is 0 Å². The van der Waals surface area contributed by atoms with Gasteiger partial charge in [-0.3, -0.25) is 4.79 Å². The molecule has 3 rings (SSSR count). The molecule has 2 heterocycles. The van der Waals surface area contributed by atoms with Crippen LogP contribution in [0.3, 0.4) is 0 Å². The topological polar surface area (TPSA) is 88.6 Å². The predicted molar refractivity (Wildman–Crippen MR) is 98.9 cm³/mol. The summed E-state index contributed by atoms with van der Waals surface area (Å²) in [6.07, 6.45) is 1.73. The van der Waals surface area contributed by atoms with Gasteiger partial charge in [0.05, 0.1) is 17.5 Å². The summed E-state index contributed by atoms with van der Waals surface area (Å²) < 4.78 is 32.6. The van der Waals surface area contributed by atoms with E-state index < -0.39 is 10.0 Å². The van der Waals surface area contributed by atoms with E-state index >= 15 is 0 Å². The number of nitrogens with one attached hydrogen (secondary N) is 1. The summed E-state index contributed by atoms with van der Waals surface area (Å²) in [6.45, 7) is 1.51. The fourth-order valence-electron chi connectivity index (χ4n) is 2.96. The molecule has 7 nitrogen and oxygen atoms in total. The molecule has 0 spiro atoms. The summed E-state index contributed by atoms with van der Waals surface area (Å²) in [5, 5.41) is 1.73. The second-order valence-electron chi connectivity index (χ2n) is 6.16. The third-order valence-corrected chi connectivity index (χ3v) is 6.42. The Morgan fingerprint density at radius 2 is 2.15 bits per heavy atom. The number of piperidine rings is 1. The average Bonchev–Trinajstić information content (AvgIpc) is 3.21. The third kappa shape index (κ3) is 4.40. The number of nitrogens with zero attached hydrogens (tertiary/aromatic N) is 2. The van der Waals surface area contributed by atoms with E-state index in [0.717, 1.165) is 12.8 Å². The Bertz CT molecular complexity index is 835. The zero-order valence-corrected chi connectivity index (χ0v) is 16.1. The first-order chi connectivity index (χ1) is 12.5. The van der Waals surface area contributed by atoms with Crippen LogP contribution < -0.4 is 9.46 Å². The second-order valence-corrected chi connectivity index (χ2v) is 8.65. The summed E-state index contributed by atoms with van der Waals surface area (Å²) in [5.41, 5.74) is 2.09.